The molecule has 6 rings (SSSR count). The van der Waals surface area contributed by atoms with Gasteiger partial charge in [-0.25, -0.2) is 12.8 Å². The third-order valence-corrected chi connectivity index (χ3v) is 11.2. The van der Waals surface area contributed by atoms with Gasteiger partial charge in [0.2, 0.25) is 0 Å². The van der Waals surface area contributed by atoms with Gasteiger partial charge in [0, 0.05) is 48.1 Å². The first-order chi connectivity index (χ1) is 19.8. The van der Waals surface area contributed by atoms with E-state index in [0.29, 0.717) is 36.9 Å². The molecule has 2 aliphatic heterocycles. The highest BCUT2D eigenvalue weighted by molar-refractivity contribution is 7.91. The van der Waals surface area contributed by atoms with Gasteiger partial charge in [-0.2, -0.15) is 0 Å². The molecule has 0 spiro atoms. The average Bonchev–Trinajstić information content (AvgIpc) is 3.40. The molecule has 0 N–H and O–H groups in total. The highest BCUT2D eigenvalue weighted by Crippen LogP contribution is 2.35. The van der Waals surface area contributed by atoms with Crippen molar-refractivity contribution in [1.29, 1.82) is 0 Å². The van der Waals surface area contributed by atoms with E-state index in [2.05, 4.69) is 15.0 Å². The van der Waals surface area contributed by atoms with Crippen molar-refractivity contribution in [3.8, 4) is 0 Å². The zero-order valence-electron chi connectivity index (χ0n) is 23.6. The molecule has 3 heterocycles. The van der Waals surface area contributed by atoms with Gasteiger partial charge in [0.05, 0.1) is 17.2 Å². The Labute approximate surface area is 242 Å². The minimum absolute atomic E-state index is 0.195. The number of Topliss-reactive ketones (excluding diaryl/α,β-unsaturated/α-hetero) is 1. The molecule has 0 bridgehead atoms. The minimum Gasteiger partial charge on any atom is -0.369 e. The summed E-state index contributed by atoms with van der Waals surface area (Å²) in [7, 11) is -2.90. The molecule has 0 unspecified atom stereocenters. The highest BCUT2D eigenvalue weighted by atomic mass is 32.2. The molecule has 1 aliphatic carbocycles. The molecule has 2 saturated heterocycles. The summed E-state index contributed by atoms with van der Waals surface area (Å²) in [4.78, 5) is 17.6. The molecular weight excluding hydrogens is 541 g/mol. The summed E-state index contributed by atoms with van der Waals surface area (Å²) in [6.07, 6.45) is 8.59. The lowest BCUT2D eigenvalue weighted by Crippen LogP contribution is -2.40. The molecule has 41 heavy (non-hydrogen) atoms. The van der Waals surface area contributed by atoms with Gasteiger partial charge in [-0.3, -0.25) is 4.79 Å². The zero-order valence-corrected chi connectivity index (χ0v) is 24.5. The highest BCUT2D eigenvalue weighted by Gasteiger charge is 2.28. The van der Waals surface area contributed by atoms with Crippen molar-refractivity contribution >= 4 is 32.3 Å². The van der Waals surface area contributed by atoms with Crippen molar-refractivity contribution in [2.24, 2.45) is 11.8 Å². The van der Waals surface area contributed by atoms with Crippen LogP contribution >= 0.6 is 0 Å². The van der Waals surface area contributed by atoms with Gasteiger partial charge in [-0.05, 0) is 100.0 Å². The fourth-order valence-electron chi connectivity index (χ4n) is 6.95. The Morgan fingerprint density at radius 3 is 2.29 bits per heavy atom. The summed E-state index contributed by atoms with van der Waals surface area (Å²) in [5.74, 6) is 1.88. The first-order valence-electron chi connectivity index (χ1n) is 15.2. The summed E-state index contributed by atoms with van der Waals surface area (Å²) < 4.78 is 42.3. The predicted molar refractivity (Wildman–Crippen MR) is 159 cm³/mol. The van der Waals surface area contributed by atoms with Crippen LogP contribution in [0.4, 0.5) is 10.1 Å². The smallest absolute Gasteiger partial charge is 0.170 e. The SMILES string of the molecule is O=C(CC1CCC(CCN2CCC(c3noc4cc(F)ccc34)CC2)CC1)c1ccc(N2CCS(=O)(=O)CC2)cc1. The van der Waals surface area contributed by atoms with E-state index in [4.69, 9.17) is 4.52 Å². The fourth-order valence-corrected chi connectivity index (χ4v) is 8.15. The Hall–Kier alpha value is -2.78. The van der Waals surface area contributed by atoms with Crippen LogP contribution in [0.3, 0.4) is 0 Å². The average molecular weight is 582 g/mol. The number of piperidine rings is 1. The Morgan fingerprint density at radius 2 is 1.59 bits per heavy atom. The van der Waals surface area contributed by atoms with Crippen LogP contribution < -0.4 is 4.90 Å². The maximum Gasteiger partial charge on any atom is 0.170 e. The molecule has 3 aromatic rings. The summed E-state index contributed by atoms with van der Waals surface area (Å²) >= 11 is 0. The number of sulfone groups is 1. The number of rotatable bonds is 8. The molecule has 1 aromatic heterocycles. The summed E-state index contributed by atoms with van der Waals surface area (Å²) in [5, 5.41) is 5.21. The fraction of sp³-hybridized carbons (Fsp3) is 0.562. The van der Waals surface area contributed by atoms with E-state index in [9.17, 15) is 17.6 Å². The number of nitrogens with zero attached hydrogens (tertiary/aromatic N) is 3. The Bertz CT molecular complexity index is 1440. The number of anilines is 1. The van der Waals surface area contributed by atoms with Crippen molar-refractivity contribution in [3.63, 3.8) is 0 Å². The summed E-state index contributed by atoms with van der Waals surface area (Å²) in [5.41, 5.74) is 3.26. The number of likely N-dealkylation sites (tertiary alicyclic amines) is 1. The lowest BCUT2D eigenvalue weighted by atomic mass is 9.78. The van der Waals surface area contributed by atoms with E-state index in [1.165, 1.54) is 31.4 Å². The summed E-state index contributed by atoms with van der Waals surface area (Å²) in [6.45, 7) is 4.27. The third kappa shape index (κ3) is 6.83. The Balaban J connectivity index is 0.901. The number of fused-ring (bicyclic) bond motifs is 1. The van der Waals surface area contributed by atoms with Crippen LogP contribution in [-0.4, -0.2) is 68.5 Å². The normalized spacial score (nSPS) is 24.1. The van der Waals surface area contributed by atoms with Gasteiger partial charge in [-0.1, -0.05) is 18.0 Å². The number of benzene rings is 2. The van der Waals surface area contributed by atoms with Crippen molar-refractivity contribution < 1.29 is 22.1 Å². The monoisotopic (exact) mass is 581 g/mol. The van der Waals surface area contributed by atoms with Crippen molar-refractivity contribution in [3.05, 3.63) is 59.5 Å². The molecule has 0 radical (unpaired) electrons. The standard InChI is InChI=1S/C32H40FN3O4S/c33-27-7-10-29-31(22-27)40-34-32(29)26-12-15-35(16-13-26)14-11-23-1-3-24(4-2-23)21-30(37)25-5-8-28(9-6-25)36-17-19-41(38,39)20-18-36/h5-10,22-24,26H,1-4,11-21H2. The number of carbonyl (C=O) groups is 1. The van der Waals surface area contributed by atoms with Crippen LogP contribution in [0.2, 0.25) is 0 Å². The predicted octanol–water partition coefficient (Wildman–Crippen LogP) is 5.85. The van der Waals surface area contributed by atoms with Gasteiger partial charge in [0.1, 0.15) is 5.82 Å². The largest absolute Gasteiger partial charge is 0.369 e. The van der Waals surface area contributed by atoms with Crippen molar-refractivity contribution in [2.45, 2.75) is 57.3 Å². The minimum atomic E-state index is -2.90. The molecule has 0 atom stereocenters. The molecule has 2 aromatic carbocycles. The maximum absolute atomic E-state index is 13.5. The van der Waals surface area contributed by atoms with Crippen molar-refractivity contribution in [1.82, 2.24) is 10.1 Å². The second-order valence-corrected chi connectivity index (χ2v) is 14.6. The number of aromatic nitrogens is 1. The van der Waals surface area contributed by atoms with Gasteiger partial charge >= 0.3 is 0 Å². The van der Waals surface area contributed by atoms with Crippen LogP contribution in [0.1, 0.15) is 73.3 Å². The van der Waals surface area contributed by atoms with E-state index in [-0.39, 0.29) is 23.1 Å². The van der Waals surface area contributed by atoms with E-state index >= 15 is 0 Å². The first kappa shape index (κ1) is 28.3. The van der Waals surface area contributed by atoms with Crippen LogP contribution in [0, 0.1) is 17.7 Å². The lowest BCUT2D eigenvalue weighted by Gasteiger charge is -2.34. The van der Waals surface area contributed by atoms with Gasteiger partial charge in [0.25, 0.3) is 0 Å². The first-order valence-corrected chi connectivity index (χ1v) is 17.0. The van der Waals surface area contributed by atoms with Crippen LogP contribution in [0.15, 0.2) is 47.0 Å². The van der Waals surface area contributed by atoms with Crippen LogP contribution in [0.5, 0.6) is 0 Å². The number of hydrogen-bond acceptors (Lipinski definition) is 7. The van der Waals surface area contributed by atoms with Crippen molar-refractivity contribution in [2.75, 3.05) is 49.1 Å². The molecule has 1 saturated carbocycles. The van der Waals surface area contributed by atoms with Gasteiger partial charge in [0.15, 0.2) is 21.2 Å². The number of halogens is 1. The maximum atomic E-state index is 13.5. The number of hydrogen-bond donors (Lipinski definition) is 0. The van der Waals surface area contributed by atoms with Crippen LogP contribution in [-0.2, 0) is 9.84 Å². The third-order valence-electron chi connectivity index (χ3n) is 9.63. The van der Waals surface area contributed by atoms with E-state index < -0.39 is 9.84 Å². The second-order valence-electron chi connectivity index (χ2n) is 12.3. The molecule has 3 fully saturated rings. The molecule has 7 nitrogen and oxygen atoms in total. The molecular formula is C32H40FN3O4S. The Kier molecular flexibility index (Phi) is 8.45. The number of carbonyl (C=O) groups excluding carboxylic acids is 1. The van der Waals surface area contributed by atoms with E-state index in [0.717, 1.165) is 73.6 Å². The lowest BCUT2D eigenvalue weighted by molar-refractivity contribution is 0.0939. The zero-order chi connectivity index (χ0) is 28.4. The quantitative estimate of drug-likeness (QED) is 0.309. The molecule has 0 amide bonds. The van der Waals surface area contributed by atoms with Gasteiger partial charge < -0.3 is 14.3 Å². The topological polar surface area (TPSA) is 83.7 Å². The van der Waals surface area contributed by atoms with E-state index in [1.807, 2.05) is 24.3 Å². The van der Waals surface area contributed by atoms with E-state index in [1.54, 1.807) is 6.07 Å². The molecule has 220 valence electrons. The number of ketones is 1. The van der Waals surface area contributed by atoms with Crippen LogP contribution in [0.25, 0.3) is 11.0 Å². The summed E-state index contributed by atoms with van der Waals surface area (Å²) in [6, 6.07) is 12.4. The van der Waals surface area contributed by atoms with Gasteiger partial charge in [-0.15, -0.1) is 0 Å². The molecule has 3 aliphatic rings. The Morgan fingerprint density at radius 1 is 0.902 bits per heavy atom. The molecule has 9 heteroatoms. The second kappa shape index (κ2) is 12.2.